The van der Waals surface area contributed by atoms with Crippen LogP contribution in [0.15, 0.2) is 28.4 Å². The maximum atomic E-state index is 6.22. The van der Waals surface area contributed by atoms with Gasteiger partial charge in [0, 0.05) is 24.2 Å². The quantitative estimate of drug-likeness (QED) is 0.840. The molecule has 3 heterocycles. The normalized spacial score (nSPS) is 16.9. The molecule has 7 heteroatoms. The van der Waals surface area contributed by atoms with Gasteiger partial charge in [0.25, 0.3) is 0 Å². The van der Waals surface area contributed by atoms with E-state index in [1.165, 1.54) is 31.0 Å². The molecule has 2 aromatic heterocycles. The summed E-state index contributed by atoms with van der Waals surface area (Å²) >= 11 is 7.69. The highest BCUT2D eigenvalue weighted by Crippen LogP contribution is 2.37. The summed E-state index contributed by atoms with van der Waals surface area (Å²) in [7, 11) is 0. The number of hydrogen-bond donors (Lipinski definition) is 1. The van der Waals surface area contributed by atoms with Crippen LogP contribution in [0.3, 0.4) is 0 Å². The summed E-state index contributed by atoms with van der Waals surface area (Å²) in [6.45, 7) is 8.72. The number of hydrogen-bond acceptors (Lipinski definition) is 6. The van der Waals surface area contributed by atoms with E-state index < -0.39 is 0 Å². The van der Waals surface area contributed by atoms with Crippen LogP contribution in [0.5, 0.6) is 0 Å². The fourth-order valence-corrected chi connectivity index (χ4v) is 4.02. The number of aryl methyl sites for hydroxylation is 1. The third kappa shape index (κ3) is 4.01. The molecule has 0 saturated carbocycles. The first-order valence-electron chi connectivity index (χ1n) is 8.58. The van der Waals surface area contributed by atoms with Crippen LogP contribution >= 0.6 is 23.4 Å². The van der Waals surface area contributed by atoms with Gasteiger partial charge >= 0.3 is 0 Å². The molecule has 0 amide bonds. The van der Waals surface area contributed by atoms with Gasteiger partial charge in [-0.1, -0.05) is 43.6 Å². The van der Waals surface area contributed by atoms with E-state index in [2.05, 4.69) is 28.7 Å². The van der Waals surface area contributed by atoms with Crippen LogP contribution < -0.4 is 10.6 Å². The Bertz CT molecular complexity index is 759. The van der Waals surface area contributed by atoms with Crippen molar-refractivity contribution in [2.75, 3.05) is 23.7 Å². The van der Waals surface area contributed by atoms with Crippen molar-refractivity contribution < 1.29 is 0 Å². The minimum atomic E-state index is 0.334. The molecule has 0 bridgehead atoms. The van der Waals surface area contributed by atoms with Crippen molar-refractivity contribution in [1.29, 1.82) is 0 Å². The molecule has 5 nitrogen and oxygen atoms in total. The summed E-state index contributed by atoms with van der Waals surface area (Å²) in [5, 5.41) is 1.30. The lowest BCUT2D eigenvalue weighted by Gasteiger charge is -2.39. The van der Waals surface area contributed by atoms with E-state index in [1.807, 2.05) is 19.2 Å². The molecule has 0 aliphatic carbocycles. The SMILES string of the molecule is CCC1(C)CCN(c2cnc(Sc3ccnc(N)c3Cl)c(C)n2)CC1. The van der Waals surface area contributed by atoms with Gasteiger partial charge in [-0.2, -0.15) is 0 Å². The zero-order valence-corrected chi connectivity index (χ0v) is 16.5. The fourth-order valence-electron chi connectivity index (χ4n) is 2.96. The van der Waals surface area contributed by atoms with Gasteiger partial charge in [0.1, 0.15) is 16.7 Å². The maximum Gasteiger partial charge on any atom is 0.147 e. The maximum absolute atomic E-state index is 6.22. The Labute approximate surface area is 158 Å². The van der Waals surface area contributed by atoms with E-state index in [0.29, 0.717) is 16.3 Å². The molecular weight excluding hydrogens is 354 g/mol. The van der Waals surface area contributed by atoms with Gasteiger partial charge in [-0.3, -0.25) is 0 Å². The molecule has 2 N–H and O–H groups in total. The number of halogens is 1. The summed E-state index contributed by atoms with van der Waals surface area (Å²) in [6, 6.07) is 1.84. The van der Waals surface area contributed by atoms with E-state index in [9.17, 15) is 0 Å². The van der Waals surface area contributed by atoms with Gasteiger partial charge in [-0.05, 0) is 31.2 Å². The highest BCUT2D eigenvalue weighted by molar-refractivity contribution is 7.99. The number of nitrogen functional groups attached to an aromatic ring is 1. The summed E-state index contributed by atoms with van der Waals surface area (Å²) in [6.07, 6.45) is 7.15. The molecule has 1 saturated heterocycles. The lowest BCUT2D eigenvalue weighted by atomic mass is 9.78. The number of nitrogens with zero attached hydrogens (tertiary/aromatic N) is 4. The van der Waals surface area contributed by atoms with Crippen LogP contribution in [-0.4, -0.2) is 28.0 Å². The molecule has 0 unspecified atom stereocenters. The van der Waals surface area contributed by atoms with Crippen molar-refractivity contribution in [2.24, 2.45) is 5.41 Å². The molecule has 2 aromatic rings. The summed E-state index contributed by atoms with van der Waals surface area (Å²) in [5.74, 6) is 1.29. The van der Waals surface area contributed by atoms with Gasteiger partial charge in [-0.15, -0.1) is 0 Å². The number of anilines is 2. The average molecular weight is 378 g/mol. The van der Waals surface area contributed by atoms with Crippen molar-refractivity contribution in [3.8, 4) is 0 Å². The predicted molar refractivity (Wildman–Crippen MR) is 104 cm³/mol. The number of aromatic nitrogens is 3. The van der Waals surface area contributed by atoms with Gasteiger partial charge in [0.2, 0.25) is 0 Å². The number of piperidine rings is 1. The van der Waals surface area contributed by atoms with Crippen LogP contribution in [0, 0.1) is 12.3 Å². The molecule has 3 rings (SSSR count). The molecule has 0 spiro atoms. The highest BCUT2D eigenvalue weighted by Gasteiger charge is 2.29. The molecule has 0 radical (unpaired) electrons. The van der Waals surface area contributed by atoms with Crippen LogP contribution in [-0.2, 0) is 0 Å². The van der Waals surface area contributed by atoms with E-state index in [0.717, 1.165) is 34.5 Å². The van der Waals surface area contributed by atoms with E-state index in [4.69, 9.17) is 22.3 Å². The Morgan fingerprint density at radius 1 is 1.32 bits per heavy atom. The first kappa shape index (κ1) is 18.3. The first-order valence-corrected chi connectivity index (χ1v) is 9.78. The van der Waals surface area contributed by atoms with Crippen molar-refractivity contribution in [3.05, 3.63) is 29.2 Å². The molecule has 25 heavy (non-hydrogen) atoms. The topological polar surface area (TPSA) is 67.9 Å². The monoisotopic (exact) mass is 377 g/mol. The fraction of sp³-hybridized carbons (Fsp3) is 0.500. The minimum Gasteiger partial charge on any atom is -0.382 e. The number of pyridine rings is 1. The molecule has 0 atom stereocenters. The molecule has 1 aliphatic rings. The zero-order chi connectivity index (χ0) is 18.0. The van der Waals surface area contributed by atoms with Gasteiger partial charge in [0.15, 0.2) is 0 Å². The smallest absolute Gasteiger partial charge is 0.147 e. The molecule has 134 valence electrons. The van der Waals surface area contributed by atoms with Crippen LogP contribution in [0.1, 0.15) is 38.8 Å². The van der Waals surface area contributed by atoms with Crippen molar-refractivity contribution >= 4 is 35.0 Å². The van der Waals surface area contributed by atoms with Crippen molar-refractivity contribution in [2.45, 2.75) is 50.0 Å². The summed E-state index contributed by atoms with van der Waals surface area (Å²) in [4.78, 5) is 16.6. The lowest BCUT2D eigenvalue weighted by Crippen LogP contribution is -2.39. The third-order valence-corrected chi connectivity index (χ3v) is 6.79. The zero-order valence-electron chi connectivity index (χ0n) is 14.9. The second-order valence-corrected chi connectivity index (χ2v) is 8.29. The second kappa shape index (κ2) is 7.38. The predicted octanol–water partition coefficient (Wildman–Crippen LogP) is 4.58. The summed E-state index contributed by atoms with van der Waals surface area (Å²) in [5.41, 5.74) is 7.13. The third-order valence-electron chi connectivity index (χ3n) is 5.12. The largest absolute Gasteiger partial charge is 0.382 e. The van der Waals surface area contributed by atoms with E-state index in [-0.39, 0.29) is 0 Å². The Balaban J connectivity index is 1.74. The van der Waals surface area contributed by atoms with Crippen LogP contribution in [0.2, 0.25) is 5.02 Å². The number of rotatable bonds is 4. The van der Waals surface area contributed by atoms with E-state index >= 15 is 0 Å². The van der Waals surface area contributed by atoms with Crippen LogP contribution in [0.4, 0.5) is 11.6 Å². The van der Waals surface area contributed by atoms with E-state index in [1.54, 1.807) is 6.20 Å². The Kier molecular flexibility index (Phi) is 5.39. The van der Waals surface area contributed by atoms with Gasteiger partial charge in [0.05, 0.1) is 16.9 Å². The van der Waals surface area contributed by atoms with Gasteiger partial charge in [-0.25, -0.2) is 15.0 Å². The lowest BCUT2D eigenvalue weighted by molar-refractivity contribution is 0.237. The molecule has 1 aliphatic heterocycles. The van der Waals surface area contributed by atoms with Gasteiger partial charge < -0.3 is 10.6 Å². The standard InChI is InChI=1S/C18H24ClN5S/c1-4-18(3)6-9-24(10-7-18)14-11-22-17(12(2)23-14)25-13-5-8-21-16(20)15(13)19/h5,8,11H,4,6-7,9-10H2,1-3H3,(H2,20,21). The molecule has 1 fully saturated rings. The Hall–Kier alpha value is -1.53. The first-order chi connectivity index (χ1) is 11.9. The van der Waals surface area contributed by atoms with Crippen molar-refractivity contribution in [3.63, 3.8) is 0 Å². The number of nitrogens with two attached hydrogens (primary N) is 1. The minimum absolute atomic E-state index is 0.334. The Morgan fingerprint density at radius 2 is 2.04 bits per heavy atom. The highest BCUT2D eigenvalue weighted by atomic mass is 35.5. The molecule has 0 aromatic carbocycles. The summed E-state index contributed by atoms with van der Waals surface area (Å²) < 4.78 is 0. The Morgan fingerprint density at radius 3 is 2.68 bits per heavy atom. The molecular formula is C18H24ClN5S. The van der Waals surface area contributed by atoms with Crippen molar-refractivity contribution in [1.82, 2.24) is 15.0 Å². The van der Waals surface area contributed by atoms with Crippen LogP contribution in [0.25, 0.3) is 0 Å². The average Bonchev–Trinajstić information content (AvgIpc) is 2.61. The second-order valence-electron chi connectivity index (χ2n) is 6.88.